The van der Waals surface area contributed by atoms with Gasteiger partial charge in [0.15, 0.2) is 0 Å². The molecular formula is AuNaO12S4-4. The third-order valence-electron chi connectivity index (χ3n) is 0. The van der Waals surface area contributed by atoms with Crippen molar-refractivity contribution in [1.82, 2.24) is 0 Å². The van der Waals surface area contributed by atoms with Crippen LogP contribution in [-0.4, -0.2) is 53.3 Å². The summed E-state index contributed by atoms with van der Waals surface area (Å²) in [7, 11) is 0. The van der Waals surface area contributed by atoms with Crippen LogP contribution >= 0.6 is 0 Å². The minimum atomic E-state index is -3.11. The number of rotatable bonds is 0. The normalized spacial score (nSPS) is 7.78. The molecule has 0 saturated carbocycles. The molecule has 0 aromatic rings. The Labute approximate surface area is 149 Å². The molecule has 18 heteroatoms. The molecule has 0 rings (SSSR count). The van der Waals surface area contributed by atoms with Crippen molar-refractivity contribution in [2.45, 2.75) is 0 Å². The molecule has 0 N–H and O–H groups in total. The van der Waals surface area contributed by atoms with Crippen molar-refractivity contribution >= 4 is 45.4 Å². The number of hydrogen-bond donors (Lipinski definition) is 0. The van der Waals surface area contributed by atoms with Crippen molar-refractivity contribution in [3.05, 3.63) is 0 Å². The third-order valence-corrected chi connectivity index (χ3v) is 0. The third kappa shape index (κ3) is 1280. The average Bonchev–Trinajstić information content (AvgIpc) is 1.76. The zero-order valence-corrected chi connectivity index (χ0v) is 15.3. The first-order valence-electron chi connectivity index (χ1n) is 2.00. The molecule has 0 aliphatic rings. The second-order valence-corrected chi connectivity index (χ2v) is 2.45. The second-order valence-electron chi connectivity index (χ2n) is 0.816. The van der Waals surface area contributed by atoms with Gasteiger partial charge in [0.25, 0.3) is 0 Å². The standard InChI is InChI=1S/Au.Na.4H2O3S/c;;4*1-4(2)3/h;;4*(H2,1,2,3)/q+3;+1;;;;/p-8. The molecule has 12 nitrogen and oxygen atoms in total. The Morgan fingerprint density at radius 2 is 0.444 bits per heavy atom. The fraction of sp³-hybridized carbons (Fsp3) is 0. The van der Waals surface area contributed by atoms with Gasteiger partial charge in [0.1, 0.15) is 0 Å². The van der Waals surface area contributed by atoms with Gasteiger partial charge < -0.3 is 36.4 Å². The molecule has 0 atom stereocenters. The van der Waals surface area contributed by atoms with E-state index in [1.54, 1.807) is 0 Å². The van der Waals surface area contributed by atoms with Gasteiger partial charge in [-0.15, -0.1) is 45.4 Å². The van der Waals surface area contributed by atoms with E-state index >= 15 is 0 Å². The predicted octanol–water partition coefficient (Wildman–Crippen LogP) is -7.01. The summed E-state index contributed by atoms with van der Waals surface area (Å²) < 4.78 is 101. The van der Waals surface area contributed by atoms with Crippen molar-refractivity contribution in [3.63, 3.8) is 0 Å². The molecule has 0 aromatic heterocycles. The van der Waals surface area contributed by atoms with Crippen LogP contribution in [0.4, 0.5) is 0 Å². The topological polar surface area (TPSA) is 253 Å². The molecule has 0 aliphatic heterocycles. The fourth-order valence-electron chi connectivity index (χ4n) is 0. The Balaban J connectivity index is -0.0000000257. The monoisotopic (exact) mass is 540 g/mol. The maximum absolute atomic E-state index is 8.44. The maximum atomic E-state index is 8.44. The van der Waals surface area contributed by atoms with Crippen LogP contribution in [0.5, 0.6) is 0 Å². The van der Waals surface area contributed by atoms with Gasteiger partial charge in [-0.2, -0.15) is 0 Å². The van der Waals surface area contributed by atoms with E-state index in [2.05, 4.69) is 0 Å². The summed E-state index contributed by atoms with van der Waals surface area (Å²) in [5, 5.41) is 0. The van der Waals surface area contributed by atoms with Gasteiger partial charge in [-0.25, -0.2) is 0 Å². The smallest absolute Gasteiger partial charge is 0.784 e. The van der Waals surface area contributed by atoms with Crippen LogP contribution in [0.25, 0.3) is 0 Å². The van der Waals surface area contributed by atoms with E-state index in [-0.39, 0.29) is 51.9 Å². The molecule has 112 valence electrons. The summed E-state index contributed by atoms with van der Waals surface area (Å²) in [5.41, 5.74) is 0. The van der Waals surface area contributed by atoms with E-state index < -0.39 is 45.4 Å². The molecule has 0 aliphatic carbocycles. The van der Waals surface area contributed by atoms with Gasteiger partial charge in [0.05, 0.1) is 0 Å². The van der Waals surface area contributed by atoms with Crippen LogP contribution in [0, 0.1) is 0 Å². The van der Waals surface area contributed by atoms with Crippen LogP contribution in [0.2, 0.25) is 0 Å². The van der Waals surface area contributed by atoms with Crippen LogP contribution in [-0.2, 0) is 67.8 Å². The average molecular weight is 540 g/mol. The van der Waals surface area contributed by atoms with Crippen molar-refractivity contribution in [2.24, 2.45) is 0 Å². The van der Waals surface area contributed by atoms with Gasteiger partial charge in [-0.3, -0.25) is 16.8 Å². The first-order valence-corrected chi connectivity index (χ1v) is 6.00. The van der Waals surface area contributed by atoms with Crippen LogP contribution in [0.3, 0.4) is 0 Å². The largest absolute Gasteiger partial charge is 3.00 e. The molecular weight excluding hydrogens is 540 g/mol. The Hall–Kier alpha value is 2.02. The van der Waals surface area contributed by atoms with Crippen LogP contribution < -0.4 is 29.6 Å². The van der Waals surface area contributed by atoms with E-state index in [0.29, 0.717) is 0 Å². The molecule has 0 heterocycles. The van der Waals surface area contributed by atoms with E-state index in [1.165, 1.54) is 0 Å². The maximum Gasteiger partial charge on any atom is 3.00 e. The van der Waals surface area contributed by atoms with Gasteiger partial charge in [-0.1, -0.05) is 0 Å². The first-order chi connectivity index (χ1) is 6.93. The quantitative estimate of drug-likeness (QED) is 0.205. The number of hydrogen-bond acceptors (Lipinski definition) is 12. The van der Waals surface area contributed by atoms with E-state index in [9.17, 15) is 0 Å². The van der Waals surface area contributed by atoms with E-state index in [0.717, 1.165) is 0 Å². The molecule has 0 radical (unpaired) electrons. The van der Waals surface area contributed by atoms with Crippen molar-refractivity contribution < 1.29 is 105 Å². The van der Waals surface area contributed by atoms with Crippen LogP contribution in [0.15, 0.2) is 0 Å². The van der Waals surface area contributed by atoms with E-state index in [4.69, 9.17) is 53.3 Å². The molecule has 0 fully saturated rings. The van der Waals surface area contributed by atoms with Gasteiger partial charge in [-0.05, 0) is 0 Å². The molecule has 18 heavy (non-hydrogen) atoms. The Morgan fingerprint density at radius 1 is 0.444 bits per heavy atom. The summed E-state index contributed by atoms with van der Waals surface area (Å²) in [6.45, 7) is 0. The van der Waals surface area contributed by atoms with Crippen molar-refractivity contribution in [1.29, 1.82) is 0 Å². The molecule has 0 amide bonds. The first kappa shape index (κ1) is 36.8. The Morgan fingerprint density at radius 3 is 0.444 bits per heavy atom. The van der Waals surface area contributed by atoms with E-state index in [1.807, 2.05) is 0 Å². The summed E-state index contributed by atoms with van der Waals surface area (Å²) >= 11 is -12.4. The van der Waals surface area contributed by atoms with Gasteiger partial charge >= 0.3 is 51.9 Å². The minimum Gasteiger partial charge on any atom is -0.784 e. The molecule has 0 saturated heterocycles. The SMILES string of the molecule is O=S([O-])[O-].O=S([O-])[O-].O=S([O-])[O-].O=S([O-])[O-].[Au+3].[Na+]. The molecule has 0 aromatic carbocycles. The molecule has 0 spiro atoms. The minimum absolute atomic E-state index is 0. The van der Waals surface area contributed by atoms with Crippen molar-refractivity contribution in [3.8, 4) is 0 Å². The summed E-state index contributed by atoms with van der Waals surface area (Å²) in [4.78, 5) is 0. The summed E-state index contributed by atoms with van der Waals surface area (Å²) in [6, 6.07) is 0. The Bertz CT molecular complexity index is 164. The molecule has 0 unspecified atom stereocenters. The second kappa shape index (κ2) is 31.4. The Kier molecular flexibility index (Phi) is 64.3. The van der Waals surface area contributed by atoms with Crippen LogP contribution in [0.1, 0.15) is 0 Å². The van der Waals surface area contributed by atoms with Gasteiger partial charge in [0, 0.05) is 0 Å². The fourth-order valence-corrected chi connectivity index (χ4v) is 0. The van der Waals surface area contributed by atoms with Crippen molar-refractivity contribution in [2.75, 3.05) is 0 Å². The van der Waals surface area contributed by atoms with Gasteiger partial charge in [0.2, 0.25) is 0 Å². The zero-order valence-electron chi connectivity index (χ0n) is 7.83. The summed E-state index contributed by atoms with van der Waals surface area (Å²) in [5.74, 6) is 0. The zero-order chi connectivity index (χ0) is 14.3. The molecule has 0 bridgehead atoms. The predicted molar refractivity (Wildman–Crippen MR) is 38.8 cm³/mol. The summed E-state index contributed by atoms with van der Waals surface area (Å²) in [6.07, 6.45) is 0.